The molecule has 0 radical (unpaired) electrons. The van der Waals surface area contributed by atoms with Gasteiger partial charge in [-0.3, -0.25) is 38.4 Å². The standard InChI is InChI=1S/C84H104N16O14/c1-49(85-9)73(101)91-71(83(3,4)5)79(107)97-47-61-43-69(97)77(105)87-65(41-53-23-29-55-17-11-13-19-57(55)37-53)75(103)89-67(81(109)110)39-51-25-31-64(32-26-51)114-36-16-22-60-46-100(96-94-60)62-44-70(98(48-62)80(108)72(84(6,7)8)92-74(102)50(2)86-10)78(106)88-66(42-54-24-30-56-18-12-14-20-58(56)38-54)76(104)90-68(82(111)112)40-52-27-33-63(34-28-52)113-35-15-21-59-45-99(61)95-93-59/h11-14,17-20,23-34,37-38,45-46,49-50,61-62,65-72,85-86H,15-16,21-22,35-36,39-44,47-48H2,1-10H3,(H,87,105)(H,88,106)(H,89,103)(H,90,104)(H,91,101)(H,92,102)(H,109,110)(H,111,112). The third-order valence-corrected chi connectivity index (χ3v) is 21.5. The highest BCUT2D eigenvalue weighted by Gasteiger charge is 2.49. The Morgan fingerprint density at radius 3 is 1.22 bits per heavy atom. The number of carboxylic acids is 2. The van der Waals surface area contributed by atoms with E-state index in [4.69, 9.17) is 9.47 Å². The number of hydrogen-bond donors (Lipinski definition) is 10. The summed E-state index contributed by atoms with van der Waals surface area (Å²) in [6.45, 7) is 14.5. The van der Waals surface area contributed by atoms with E-state index in [9.17, 15) is 39.0 Å². The van der Waals surface area contributed by atoms with Crippen molar-refractivity contribution in [1.29, 1.82) is 0 Å². The van der Waals surface area contributed by atoms with Gasteiger partial charge in [-0.1, -0.05) is 161 Å². The van der Waals surface area contributed by atoms with Gasteiger partial charge in [-0.15, -0.1) is 10.2 Å². The Hall–Kier alpha value is -11.7. The Morgan fingerprint density at radius 1 is 0.500 bits per heavy atom. The van der Waals surface area contributed by atoms with E-state index >= 15 is 19.2 Å². The average Bonchev–Trinajstić information content (AvgIpc) is 1.63. The SMILES string of the molecule is CNC(C)C(=O)NC(C(=O)N1CC2CC1C(=O)NC(Cc1ccc3ccccc3c1)C(=O)NC(C(=O)O)Cc1ccc(cc1)OCCCc1cn(nn1)C1CC(C(=O)NC(Cc3ccc4ccccc4c3)C(=O)NC(C(=O)O)Cc3ccc(cc3)OCCCc3cn2nn3)N(C(=O)C(NC(=O)C(C)NC)C(C)(C)C)C1)C(C)(C)C. The molecule has 6 aromatic carbocycles. The molecule has 2 aromatic heterocycles. The number of aromatic nitrogens is 6. The highest BCUT2D eigenvalue weighted by Crippen LogP contribution is 2.34. The molecule has 0 aliphatic carbocycles. The third kappa shape index (κ3) is 21.2. The van der Waals surface area contributed by atoms with Gasteiger partial charge in [0.25, 0.3) is 0 Å². The van der Waals surface area contributed by atoms with Crippen LogP contribution >= 0.6 is 0 Å². The first-order valence-electron chi connectivity index (χ1n) is 38.8. The van der Waals surface area contributed by atoms with E-state index in [1.807, 2.05) is 84.9 Å². The van der Waals surface area contributed by atoms with Crippen molar-refractivity contribution in [3.8, 4) is 11.5 Å². The van der Waals surface area contributed by atoms with Crippen LogP contribution in [0, 0.1) is 10.8 Å². The largest absolute Gasteiger partial charge is 0.494 e. The smallest absolute Gasteiger partial charge is 0.326 e. The molecule has 2 saturated heterocycles. The molecular formula is C84H104N16O14. The highest BCUT2D eigenvalue weighted by atomic mass is 16.5. The van der Waals surface area contributed by atoms with Crippen LogP contribution in [0.5, 0.6) is 11.5 Å². The van der Waals surface area contributed by atoms with Crippen LogP contribution in [0.25, 0.3) is 21.5 Å². The molecule has 114 heavy (non-hydrogen) atoms. The number of aryl methyl sites for hydroxylation is 2. The molecule has 12 unspecified atom stereocenters. The fourth-order valence-corrected chi connectivity index (χ4v) is 14.5. The minimum absolute atomic E-state index is 0.0106. The molecule has 8 aromatic rings. The van der Waals surface area contributed by atoms with E-state index in [2.05, 4.69) is 63.2 Å². The zero-order chi connectivity index (χ0) is 81.7. The Balaban J connectivity index is 0.882. The summed E-state index contributed by atoms with van der Waals surface area (Å²) in [5.74, 6) is -6.70. The maximum atomic E-state index is 15.3. The number of hydrogen-bond acceptors (Lipinski definition) is 18. The van der Waals surface area contributed by atoms with E-state index in [0.717, 1.165) is 21.5 Å². The van der Waals surface area contributed by atoms with Crippen molar-refractivity contribution in [2.45, 2.75) is 192 Å². The van der Waals surface area contributed by atoms with Crippen LogP contribution in [-0.4, -0.2) is 210 Å². The molecule has 8 amide bonds. The number of nitrogens with zero attached hydrogens (tertiary/aromatic N) is 8. The van der Waals surface area contributed by atoms with Crippen molar-refractivity contribution in [2.75, 3.05) is 40.4 Å². The summed E-state index contributed by atoms with van der Waals surface area (Å²) in [5.41, 5.74) is 1.82. The normalized spacial score (nSPS) is 21.7. The second-order valence-electron chi connectivity index (χ2n) is 32.1. The summed E-state index contributed by atoms with van der Waals surface area (Å²) < 4.78 is 15.5. The second-order valence-corrected chi connectivity index (χ2v) is 32.1. The number of rotatable bonds is 14. The lowest BCUT2D eigenvalue weighted by atomic mass is 9.85. The number of nitrogens with one attached hydrogen (secondary N) is 8. The average molecular weight is 1560 g/mol. The lowest BCUT2D eigenvalue weighted by Crippen LogP contribution is -2.60. The maximum absolute atomic E-state index is 15.3. The number of carboxylic acid groups (broad SMARTS) is 2. The summed E-state index contributed by atoms with van der Waals surface area (Å²) in [4.78, 5) is 147. The minimum atomic E-state index is -1.48. The van der Waals surface area contributed by atoms with Gasteiger partial charge in [-0.25, -0.2) is 19.0 Å². The third-order valence-electron chi connectivity index (χ3n) is 21.5. The summed E-state index contributed by atoms with van der Waals surface area (Å²) in [7, 11) is 3.24. The number of amides is 8. The van der Waals surface area contributed by atoms with Crippen molar-refractivity contribution in [3.63, 3.8) is 0 Å². The predicted octanol–water partition coefficient (Wildman–Crippen LogP) is 5.15. The van der Waals surface area contributed by atoms with Crippen LogP contribution in [-0.2, 0) is 86.5 Å². The van der Waals surface area contributed by atoms with Gasteiger partial charge < -0.3 is 72.0 Å². The molecular weight excluding hydrogens is 1460 g/mol. The van der Waals surface area contributed by atoms with E-state index < -0.39 is 143 Å². The summed E-state index contributed by atoms with van der Waals surface area (Å²) in [6.07, 6.45) is 4.71. The maximum Gasteiger partial charge on any atom is 0.326 e. The van der Waals surface area contributed by atoms with Gasteiger partial charge in [-0.05, 0) is 133 Å². The number of likely N-dealkylation sites (tertiary alicyclic amines) is 2. The fourth-order valence-electron chi connectivity index (χ4n) is 14.5. The molecule has 2 fully saturated rings. The molecule has 30 heteroatoms. The number of likely N-dealkylation sites (N-methyl/N-ethyl adjacent to an activating group) is 2. The molecule has 604 valence electrons. The zero-order valence-corrected chi connectivity index (χ0v) is 66.1. The van der Waals surface area contributed by atoms with Crippen molar-refractivity contribution in [2.24, 2.45) is 10.8 Å². The van der Waals surface area contributed by atoms with E-state index in [1.165, 1.54) is 9.80 Å². The number of carbonyl (C=O) groups excluding carboxylic acids is 8. The van der Waals surface area contributed by atoms with Gasteiger partial charge in [0.1, 0.15) is 59.8 Å². The topological polar surface area (TPSA) is 394 Å². The molecule has 0 saturated carbocycles. The molecule has 6 aliphatic heterocycles. The van der Waals surface area contributed by atoms with E-state index in [-0.39, 0.29) is 64.8 Å². The lowest BCUT2D eigenvalue weighted by Gasteiger charge is -2.36. The monoisotopic (exact) mass is 1560 g/mol. The van der Waals surface area contributed by atoms with Crippen LogP contribution in [0.2, 0.25) is 0 Å². The Morgan fingerprint density at radius 2 is 0.868 bits per heavy atom. The summed E-state index contributed by atoms with van der Waals surface area (Å²) in [5, 5.41) is 66.0. The molecule has 10 N–H and O–H groups in total. The molecule has 6 aliphatic rings. The summed E-state index contributed by atoms with van der Waals surface area (Å²) in [6, 6.07) is 27.0. The van der Waals surface area contributed by atoms with Crippen LogP contribution in [0.3, 0.4) is 0 Å². The van der Waals surface area contributed by atoms with Gasteiger partial charge >= 0.3 is 11.9 Å². The van der Waals surface area contributed by atoms with Gasteiger partial charge in [0.15, 0.2) is 0 Å². The first kappa shape index (κ1) is 83.3. The van der Waals surface area contributed by atoms with Crippen molar-refractivity contribution in [3.05, 3.63) is 179 Å². The molecule has 8 heterocycles. The van der Waals surface area contributed by atoms with Crippen LogP contribution in [0.1, 0.15) is 127 Å². The number of aliphatic carboxylic acids is 2. The number of ether oxygens (including phenoxy) is 2. The predicted molar refractivity (Wildman–Crippen MR) is 424 cm³/mol. The van der Waals surface area contributed by atoms with E-state index in [0.29, 0.717) is 70.8 Å². The van der Waals surface area contributed by atoms with Crippen LogP contribution < -0.4 is 52.0 Å². The number of carbonyl (C=O) groups is 10. The highest BCUT2D eigenvalue weighted by molar-refractivity contribution is 5.98. The van der Waals surface area contributed by atoms with Crippen molar-refractivity contribution < 1.29 is 67.6 Å². The van der Waals surface area contributed by atoms with Gasteiger partial charge in [0, 0.05) is 64.0 Å². The fraction of sp³-hybridized carbons (Fsp3) is 0.452. The lowest BCUT2D eigenvalue weighted by molar-refractivity contribution is -0.145. The zero-order valence-electron chi connectivity index (χ0n) is 66.1. The van der Waals surface area contributed by atoms with E-state index in [1.54, 1.807) is 140 Å². The molecule has 14 rings (SSSR count). The first-order chi connectivity index (χ1) is 54.4. The van der Waals surface area contributed by atoms with Gasteiger partial charge in [-0.2, -0.15) is 0 Å². The minimum Gasteiger partial charge on any atom is -0.494 e. The molecule has 12 atom stereocenters. The molecule has 0 spiro atoms. The van der Waals surface area contributed by atoms with Crippen LogP contribution in [0.4, 0.5) is 0 Å². The second kappa shape index (κ2) is 36.9. The first-order valence-corrected chi connectivity index (χ1v) is 38.8. The van der Waals surface area contributed by atoms with Crippen molar-refractivity contribution in [1.82, 2.24) is 82.3 Å². The summed E-state index contributed by atoms with van der Waals surface area (Å²) >= 11 is 0. The van der Waals surface area contributed by atoms with Gasteiger partial charge in [0.05, 0.1) is 48.8 Å². The Kier molecular flexibility index (Phi) is 26.9. The Bertz CT molecular complexity index is 4490. The molecule has 30 nitrogen and oxygen atoms in total. The Labute approximate surface area is 662 Å². The number of fused-ring (bicyclic) bond motifs is 2. The van der Waals surface area contributed by atoms with Crippen molar-refractivity contribution >= 4 is 80.7 Å². The van der Waals surface area contributed by atoms with Crippen LogP contribution in [0.15, 0.2) is 146 Å². The quantitative estimate of drug-likeness (QED) is 0.0672. The van der Waals surface area contributed by atoms with Gasteiger partial charge in [0.2, 0.25) is 47.3 Å². The molecule has 12 bridgehead atoms. The number of benzene rings is 6.